The van der Waals surface area contributed by atoms with Gasteiger partial charge in [0.1, 0.15) is 23.1 Å². The number of alkyl halides is 3. The zero-order valence-corrected chi connectivity index (χ0v) is 14.1. The summed E-state index contributed by atoms with van der Waals surface area (Å²) in [5.74, 6) is -2.16. The topological polar surface area (TPSA) is 70.5 Å². The monoisotopic (exact) mass is 396 g/mol. The van der Waals surface area contributed by atoms with Gasteiger partial charge in [-0.3, -0.25) is 0 Å². The molecule has 9 heteroatoms. The molecule has 0 fully saturated rings. The second kappa shape index (κ2) is 7.26. The number of benzene rings is 3. The van der Waals surface area contributed by atoms with Crippen LogP contribution in [0.5, 0.6) is 23.0 Å². The summed E-state index contributed by atoms with van der Waals surface area (Å²) >= 11 is 0. The maximum Gasteiger partial charge on any atom is 0.416 e. The predicted molar refractivity (Wildman–Crippen MR) is 93.2 cm³/mol. The summed E-state index contributed by atoms with van der Waals surface area (Å²) in [4.78, 5) is 0. The molecule has 0 spiro atoms. The molecular weight excluding hydrogens is 383 g/mol. The first-order chi connectivity index (χ1) is 13.1. The van der Waals surface area contributed by atoms with E-state index in [0.29, 0.717) is 6.07 Å². The Morgan fingerprint density at radius 2 is 1.14 bits per heavy atom. The quantitative estimate of drug-likeness (QED) is 0.436. The van der Waals surface area contributed by atoms with Crippen molar-refractivity contribution in [2.75, 3.05) is 11.5 Å². The fourth-order valence-corrected chi connectivity index (χ4v) is 2.39. The number of hydrogen-bond acceptors (Lipinski definition) is 4. The molecule has 3 aromatic carbocycles. The van der Waals surface area contributed by atoms with E-state index < -0.39 is 23.4 Å². The van der Waals surface area contributed by atoms with Crippen LogP contribution >= 0.6 is 0 Å². The van der Waals surface area contributed by atoms with Gasteiger partial charge in [0.2, 0.25) is 0 Å². The number of nitrogens with two attached hydrogens (primary N) is 2. The van der Waals surface area contributed by atoms with Gasteiger partial charge in [0.15, 0.2) is 11.5 Å². The molecule has 0 saturated heterocycles. The Balaban J connectivity index is 2.03. The van der Waals surface area contributed by atoms with Gasteiger partial charge in [-0.1, -0.05) is 0 Å². The Bertz CT molecular complexity index is 981. The molecule has 0 amide bonds. The minimum atomic E-state index is -4.65. The maximum absolute atomic E-state index is 13.5. The molecule has 4 N–H and O–H groups in total. The van der Waals surface area contributed by atoms with E-state index in [9.17, 15) is 22.0 Å². The summed E-state index contributed by atoms with van der Waals surface area (Å²) in [6.07, 6.45) is -4.65. The lowest BCUT2D eigenvalue weighted by Gasteiger charge is -2.15. The van der Waals surface area contributed by atoms with E-state index in [2.05, 4.69) is 0 Å². The molecule has 0 aliphatic heterocycles. The minimum absolute atomic E-state index is 0.0161. The Morgan fingerprint density at radius 1 is 0.643 bits per heavy atom. The lowest BCUT2D eigenvalue weighted by Crippen LogP contribution is -2.05. The van der Waals surface area contributed by atoms with Crippen molar-refractivity contribution in [2.45, 2.75) is 6.18 Å². The highest BCUT2D eigenvalue weighted by atomic mass is 19.4. The lowest BCUT2D eigenvalue weighted by molar-refractivity contribution is -0.137. The van der Waals surface area contributed by atoms with Crippen LogP contribution in [-0.4, -0.2) is 0 Å². The second-order valence-electron chi connectivity index (χ2n) is 5.80. The van der Waals surface area contributed by atoms with E-state index in [1.54, 1.807) is 0 Å². The van der Waals surface area contributed by atoms with Crippen LogP contribution in [0, 0.1) is 11.6 Å². The van der Waals surface area contributed by atoms with Crippen LogP contribution < -0.4 is 20.9 Å². The largest absolute Gasteiger partial charge is 0.453 e. The van der Waals surface area contributed by atoms with Gasteiger partial charge in [-0.25, -0.2) is 8.78 Å². The molecule has 0 saturated carbocycles. The van der Waals surface area contributed by atoms with Gasteiger partial charge in [0.25, 0.3) is 0 Å². The first-order valence-corrected chi connectivity index (χ1v) is 7.79. The second-order valence-corrected chi connectivity index (χ2v) is 5.80. The molecule has 0 aliphatic carbocycles. The van der Waals surface area contributed by atoms with Crippen LogP contribution in [0.2, 0.25) is 0 Å². The van der Waals surface area contributed by atoms with Gasteiger partial charge < -0.3 is 20.9 Å². The van der Waals surface area contributed by atoms with Crippen LogP contribution in [0.15, 0.2) is 54.6 Å². The molecule has 0 aromatic heterocycles. The first-order valence-electron chi connectivity index (χ1n) is 7.79. The number of halogens is 5. The molecule has 28 heavy (non-hydrogen) atoms. The molecule has 4 nitrogen and oxygen atoms in total. The SMILES string of the molecule is Nc1cc(F)cc(Oc2ccc(C(F)(F)F)cc2Oc2cc(N)cc(F)c2)c1. The van der Waals surface area contributed by atoms with Crippen molar-refractivity contribution in [3.05, 3.63) is 71.8 Å². The molecule has 0 aliphatic rings. The highest BCUT2D eigenvalue weighted by Crippen LogP contribution is 2.40. The Labute approximate surface area is 156 Å². The number of hydrogen-bond donors (Lipinski definition) is 2. The van der Waals surface area contributed by atoms with Crippen molar-refractivity contribution < 1.29 is 31.4 Å². The maximum atomic E-state index is 13.5. The van der Waals surface area contributed by atoms with E-state index in [-0.39, 0.29) is 34.4 Å². The van der Waals surface area contributed by atoms with E-state index in [0.717, 1.165) is 36.4 Å². The van der Waals surface area contributed by atoms with Crippen molar-refractivity contribution in [1.82, 2.24) is 0 Å². The van der Waals surface area contributed by atoms with Gasteiger partial charge in [0.05, 0.1) is 5.56 Å². The number of ether oxygens (including phenoxy) is 2. The number of anilines is 2. The van der Waals surface area contributed by atoms with Crippen LogP contribution in [0.3, 0.4) is 0 Å². The molecule has 0 bridgehead atoms. The predicted octanol–water partition coefficient (Wildman–Crippen LogP) is 5.73. The molecule has 146 valence electrons. The standard InChI is InChI=1S/C19H13F5N2O2/c20-11-4-13(25)8-15(6-11)27-17-2-1-10(19(22,23)24)3-18(17)28-16-7-12(21)5-14(26)9-16/h1-9H,25-26H2. The number of nitrogen functional groups attached to an aromatic ring is 2. The first kappa shape index (κ1) is 19.3. The van der Waals surface area contributed by atoms with Crippen LogP contribution in [-0.2, 0) is 6.18 Å². The average molecular weight is 396 g/mol. The van der Waals surface area contributed by atoms with Gasteiger partial charge in [-0.15, -0.1) is 0 Å². The summed E-state index contributed by atoms with van der Waals surface area (Å²) in [5, 5.41) is 0. The summed E-state index contributed by atoms with van der Waals surface area (Å²) in [6, 6.07) is 8.97. The van der Waals surface area contributed by atoms with Crippen LogP contribution in [0.4, 0.5) is 33.3 Å². The summed E-state index contributed by atoms with van der Waals surface area (Å²) in [7, 11) is 0. The Kier molecular flexibility index (Phi) is 5.00. The van der Waals surface area contributed by atoms with Gasteiger partial charge in [-0.05, 0) is 30.3 Å². The summed E-state index contributed by atoms with van der Waals surface area (Å²) in [5.41, 5.74) is 10.1. The van der Waals surface area contributed by atoms with Crippen molar-refractivity contribution in [3.8, 4) is 23.0 Å². The molecule has 0 atom stereocenters. The molecule has 0 heterocycles. The lowest BCUT2D eigenvalue weighted by atomic mass is 10.2. The average Bonchev–Trinajstić information content (AvgIpc) is 2.53. The Hall–Kier alpha value is -3.49. The van der Waals surface area contributed by atoms with Crippen molar-refractivity contribution >= 4 is 11.4 Å². The van der Waals surface area contributed by atoms with E-state index in [1.165, 1.54) is 12.1 Å². The Morgan fingerprint density at radius 3 is 1.61 bits per heavy atom. The smallest absolute Gasteiger partial charge is 0.416 e. The normalized spacial score (nSPS) is 11.3. The third-order valence-electron chi connectivity index (χ3n) is 3.51. The molecule has 0 unspecified atom stereocenters. The number of rotatable bonds is 4. The highest BCUT2D eigenvalue weighted by Gasteiger charge is 2.31. The zero-order valence-electron chi connectivity index (χ0n) is 14.1. The fourth-order valence-electron chi connectivity index (χ4n) is 2.39. The van der Waals surface area contributed by atoms with Crippen molar-refractivity contribution in [3.63, 3.8) is 0 Å². The fraction of sp³-hybridized carbons (Fsp3) is 0.0526. The molecule has 0 radical (unpaired) electrons. The van der Waals surface area contributed by atoms with Gasteiger partial charge in [0, 0.05) is 35.6 Å². The van der Waals surface area contributed by atoms with E-state index in [1.807, 2.05) is 0 Å². The van der Waals surface area contributed by atoms with Gasteiger partial charge >= 0.3 is 6.18 Å². The highest BCUT2D eigenvalue weighted by molar-refractivity contribution is 5.52. The van der Waals surface area contributed by atoms with Crippen LogP contribution in [0.25, 0.3) is 0 Å². The van der Waals surface area contributed by atoms with E-state index in [4.69, 9.17) is 20.9 Å². The van der Waals surface area contributed by atoms with Crippen LogP contribution in [0.1, 0.15) is 5.56 Å². The molecule has 3 rings (SSSR count). The summed E-state index contributed by atoms with van der Waals surface area (Å²) in [6.45, 7) is 0. The third kappa shape index (κ3) is 4.61. The molecule has 3 aromatic rings. The van der Waals surface area contributed by atoms with E-state index >= 15 is 0 Å². The van der Waals surface area contributed by atoms with Crippen molar-refractivity contribution in [1.29, 1.82) is 0 Å². The molecular formula is C19H13F5N2O2. The summed E-state index contributed by atoms with van der Waals surface area (Å²) < 4.78 is 77.0. The third-order valence-corrected chi connectivity index (χ3v) is 3.51. The van der Waals surface area contributed by atoms with Gasteiger partial charge in [-0.2, -0.15) is 13.2 Å². The minimum Gasteiger partial charge on any atom is -0.453 e. The zero-order chi connectivity index (χ0) is 20.5. The van der Waals surface area contributed by atoms with Crippen molar-refractivity contribution in [2.24, 2.45) is 0 Å².